The third-order valence-electron chi connectivity index (χ3n) is 6.73. The summed E-state index contributed by atoms with van der Waals surface area (Å²) in [6.07, 6.45) is 7.04. The monoisotopic (exact) mass is 501 g/mol. The van der Waals surface area contributed by atoms with Gasteiger partial charge < -0.3 is 14.7 Å². The number of aromatic nitrogens is 1. The fourth-order valence-electron chi connectivity index (χ4n) is 5.15. The number of carbonyl (C=O) groups is 1. The number of aliphatic carboxylic acids is 1. The van der Waals surface area contributed by atoms with Crippen molar-refractivity contribution in [3.8, 4) is 5.75 Å². The first kappa shape index (κ1) is 25.1. The number of pyridine rings is 1. The van der Waals surface area contributed by atoms with Crippen molar-refractivity contribution >= 4 is 21.7 Å². The van der Waals surface area contributed by atoms with Crippen LogP contribution in [0.4, 0.5) is 0 Å². The lowest BCUT2D eigenvalue weighted by molar-refractivity contribution is -0.145. The molecule has 1 fully saturated rings. The Morgan fingerprint density at radius 3 is 2.34 bits per heavy atom. The lowest BCUT2D eigenvalue weighted by Crippen LogP contribution is -2.44. The zero-order valence-corrected chi connectivity index (χ0v) is 21.0. The van der Waals surface area contributed by atoms with Crippen LogP contribution in [0.3, 0.4) is 0 Å². The lowest BCUT2D eigenvalue weighted by atomic mass is 9.82. The van der Waals surface area contributed by atoms with Crippen molar-refractivity contribution in [1.29, 1.82) is 0 Å². The van der Waals surface area contributed by atoms with Gasteiger partial charge in [0.2, 0.25) is 0 Å². The summed E-state index contributed by atoms with van der Waals surface area (Å²) in [5, 5.41) is 11.0. The van der Waals surface area contributed by atoms with Gasteiger partial charge in [-0.05, 0) is 92.8 Å². The number of carboxylic acids is 1. The second kappa shape index (κ2) is 10.3. The molecule has 0 bridgehead atoms. The Kier molecular flexibility index (Phi) is 7.42. The number of methoxy groups -OCH3 is 1. The number of carboxylic acid groups (broad SMARTS) is 1. The third kappa shape index (κ3) is 5.65. The Morgan fingerprint density at radius 2 is 1.77 bits per heavy atom. The van der Waals surface area contributed by atoms with Crippen molar-refractivity contribution in [2.24, 2.45) is 10.9 Å². The van der Waals surface area contributed by atoms with Gasteiger partial charge in [0.25, 0.3) is 0 Å². The molecule has 10 heteroatoms. The molecule has 1 aliphatic heterocycles. The number of hydroxylamine groups is 2. The summed E-state index contributed by atoms with van der Waals surface area (Å²) in [4.78, 5) is 25.6. The molecule has 1 aliphatic carbocycles. The van der Waals surface area contributed by atoms with Crippen LogP contribution in [0.5, 0.6) is 5.75 Å². The van der Waals surface area contributed by atoms with Gasteiger partial charge in [0.1, 0.15) is 5.75 Å². The van der Waals surface area contributed by atoms with Gasteiger partial charge in [-0.2, -0.15) is 0 Å². The van der Waals surface area contributed by atoms with E-state index >= 15 is 0 Å². The highest BCUT2D eigenvalue weighted by atomic mass is 32.2. The van der Waals surface area contributed by atoms with Crippen molar-refractivity contribution in [3.05, 3.63) is 53.3 Å². The van der Waals surface area contributed by atoms with Crippen LogP contribution in [0.2, 0.25) is 0 Å². The summed E-state index contributed by atoms with van der Waals surface area (Å²) in [6.45, 7) is 3.45. The van der Waals surface area contributed by atoms with Gasteiger partial charge in [0, 0.05) is 18.4 Å². The maximum atomic E-state index is 13.4. The van der Waals surface area contributed by atoms with E-state index in [0.717, 1.165) is 32.1 Å². The van der Waals surface area contributed by atoms with E-state index < -0.39 is 27.9 Å². The van der Waals surface area contributed by atoms with Crippen LogP contribution in [0.1, 0.15) is 42.4 Å². The van der Waals surface area contributed by atoms with E-state index in [1.54, 1.807) is 38.4 Å². The van der Waals surface area contributed by atoms with Gasteiger partial charge in [-0.3, -0.25) is 4.98 Å². The number of rotatable bonds is 8. The Balaban J connectivity index is 1.49. The van der Waals surface area contributed by atoms with E-state index in [4.69, 9.17) is 9.57 Å². The predicted octanol–water partition coefficient (Wildman–Crippen LogP) is 3.34. The highest BCUT2D eigenvalue weighted by Gasteiger charge is 2.41. The highest BCUT2D eigenvalue weighted by molar-refractivity contribution is 7.91. The van der Waals surface area contributed by atoms with Crippen LogP contribution < -0.4 is 4.74 Å². The fourth-order valence-corrected chi connectivity index (χ4v) is 7.03. The van der Waals surface area contributed by atoms with E-state index in [0.29, 0.717) is 22.8 Å². The fraction of sp³-hybridized carbons (Fsp3) is 0.480. The number of aryl methyl sites for hydroxylation is 2. The van der Waals surface area contributed by atoms with Gasteiger partial charge in [-0.25, -0.2) is 18.2 Å². The molecular weight excluding hydrogens is 470 g/mol. The summed E-state index contributed by atoms with van der Waals surface area (Å²) in [5.41, 5.74) is 2.39. The van der Waals surface area contributed by atoms with Gasteiger partial charge in [-0.15, -0.1) is 5.06 Å². The molecule has 1 aromatic carbocycles. The van der Waals surface area contributed by atoms with Crippen LogP contribution in [-0.4, -0.2) is 60.5 Å². The summed E-state index contributed by atoms with van der Waals surface area (Å²) in [6, 6.07) is 7.29. The molecule has 2 heterocycles. The number of nitrogens with zero attached hydrogens (tertiary/aromatic N) is 3. The first-order valence-electron chi connectivity index (χ1n) is 11.7. The number of aliphatic imine (C=N–C) groups is 1. The number of sulfone groups is 1. The molecule has 1 saturated carbocycles. The van der Waals surface area contributed by atoms with Crippen LogP contribution >= 0.6 is 0 Å². The standard InChI is InChI=1S/C25H31N3O6S/c1-16-12-21(33-3)13-17(2)23(16)35(31,32)15-22-27-24(25(29)30)34-28(22)20-6-4-18(5-7-20)14-19-8-10-26-11-9-19/h8-13,18,20,22H,4-7,14-15H2,1-3H3,(H,29,30). The molecule has 1 N–H and O–H groups in total. The summed E-state index contributed by atoms with van der Waals surface area (Å²) in [7, 11) is -2.25. The smallest absolute Gasteiger partial charge is 0.393 e. The number of hydrogen-bond donors (Lipinski definition) is 1. The summed E-state index contributed by atoms with van der Waals surface area (Å²) >= 11 is 0. The minimum atomic E-state index is -3.79. The maximum Gasteiger partial charge on any atom is 0.393 e. The van der Waals surface area contributed by atoms with Gasteiger partial charge in [0.15, 0.2) is 16.0 Å². The summed E-state index contributed by atoms with van der Waals surface area (Å²) in [5.74, 6) is -1.05. The highest BCUT2D eigenvalue weighted by Crippen LogP contribution is 2.34. The van der Waals surface area contributed by atoms with Crippen molar-refractivity contribution in [1.82, 2.24) is 10.0 Å². The van der Waals surface area contributed by atoms with Crippen molar-refractivity contribution in [2.45, 2.75) is 63.1 Å². The van der Waals surface area contributed by atoms with Crippen LogP contribution in [0.25, 0.3) is 0 Å². The number of hydrogen-bond acceptors (Lipinski definition) is 8. The Hall–Kier alpha value is -2.98. The molecule has 1 atom stereocenters. The van der Waals surface area contributed by atoms with E-state index in [9.17, 15) is 18.3 Å². The Labute approximate surface area is 205 Å². The van der Waals surface area contributed by atoms with Crippen molar-refractivity contribution in [3.63, 3.8) is 0 Å². The van der Waals surface area contributed by atoms with E-state index in [1.807, 2.05) is 12.1 Å². The second-order valence-electron chi connectivity index (χ2n) is 9.28. The molecule has 4 rings (SSSR count). The molecule has 0 spiro atoms. The van der Waals surface area contributed by atoms with Gasteiger partial charge in [0.05, 0.1) is 17.8 Å². The molecule has 188 valence electrons. The molecule has 2 aromatic rings. The molecule has 0 amide bonds. The zero-order valence-electron chi connectivity index (χ0n) is 20.2. The molecular formula is C25H31N3O6S. The van der Waals surface area contributed by atoms with Crippen molar-refractivity contribution in [2.75, 3.05) is 12.9 Å². The van der Waals surface area contributed by atoms with Crippen LogP contribution in [0, 0.1) is 19.8 Å². The van der Waals surface area contributed by atoms with E-state index in [2.05, 4.69) is 9.98 Å². The Morgan fingerprint density at radius 1 is 1.14 bits per heavy atom. The molecule has 9 nitrogen and oxygen atoms in total. The average Bonchev–Trinajstić information content (AvgIpc) is 3.23. The largest absolute Gasteiger partial charge is 0.497 e. The minimum Gasteiger partial charge on any atom is -0.497 e. The SMILES string of the molecule is COc1cc(C)c(S(=O)(=O)CC2N=C(C(=O)O)ON2C2CCC(Cc3ccncc3)CC2)c(C)c1. The topological polar surface area (TPSA) is 118 Å². The normalized spacial score (nSPS) is 22.9. The molecule has 0 radical (unpaired) electrons. The minimum absolute atomic E-state index is 0.109. The number of ether oxygens (including phenoxy) is 1. The molecule has 2 aliphatic rings. The molecule has 35 heavy (non-hydrogen) atoms. The molecule has 1 aromatic heterocycles. The third-order valence-corrected chi connectivity index (χ3v) is 8.74. The predicted molar refractivity (Wildman–Crippen MR) is 130 cm³/mol. The zero-order chi connectivity index (χ0) is 25.2. The summed E-state index contributed by atoms with van der Waals surface area (Å²) < 4.78 is 32.1. The maximum absolute atomic E-state index is 13.4. The van der Waals surface area contributed by atoms with Crippen LogP contribution in [-0.2, 0) is 25.9 Å². The van der Waals surface area contributed by atoms with Gasteiger partial charge in [-0.1, -0.05) is 0 Å². The number of benzene rings is 1. The lowest BCUT2D eigenvalue weighted by Gasteiger charge is -2.35. The quantitative estimate of drug-likeness (QED) is 0.585. The van der Waals surface area contributed by atoms with Crippen molar-refractivity contribution < 1.29 is 27.9 Å². The second-order valence-corrected chi connectivity index (χ2v) is 11.2. The molecule has 1 unspecified atom stereocenters. The molecule has 0 saturated heterocycles. The van der Waals surface area contributed by atoms with Crippen LogP contribution in [0.15, 0.2) is 46.5 Å². The van der Waals surface area contributed by atoms with E-state index in [1.165, 1.54) is 17.7 Å². The average molecular weight is 502 g/mol. The van der Waals surface area contributed by atoms with E-state index in [-0.39, 0.29) is 16.7 Å². The Bertz CT molecular complexity index is 1180. The first-order valence-corrected chi connectivity index (χ1v) is 13.4. The first-order chi connectivity index (χ1) is 16.7. The van der Waals surface area contributed by atoms with Gasteiger partial charge >= 0.3 is 11.9 Å².